The molecule has 2 amide bonds. The number of carbonyl (C=O) groups is 2. The lowest BCUT2D eigenvalue weighted by Gasteiger charge is -2.16. The van der Waals surface area contributed by atoms with Crippen LogP contribution in [-0.2, 0) is 4.79 Å². The highest BCUT2D eigenvalue weighted by Crippen LogP contribution is 2.34. The number of hydrogen-bond donors (Lipinski definition) is 2. The van der Waals surface area contributed by atoms with Gasteiger partial charge in [-0.2, -0.15) is 5.10 Å². The maximum atomic E-state index is 12.3. The van der Waals surface area contributed by atoms with E-state index in [1.165, 1.54) is 26.5 Å². The number of hydrogen-bond acceptors (Lipinski definition) is 7. The largest absolute Gasteiger partial charge is 0.493 e. The average molecular weight is 569 g/mol. The van der Waals surface area contributed by atoms with Crippen molar-refractivity contribution in [2.75, 3.05) is 27.4 Å². The Morgan fingerprint density at radius 3 is 2.45 bits per heavy atom. The fourth-order valence-corrected chi connectivity index (χ4v) is 3.49. The fraction of sp³-hybridized carbons (Fsp3) is 0.348. The van der Waals surface area contributed by atoms with Gasteiger partial charge in [-0.15, -0.1) is 0 Å². The molecule has 0 heterocycles. The first-order chi connectivity index (χ1) is 15.8. The molecule has 0 aromatic heterocycles. The Balaban J connectivity index is 1.96. The Morgan fingerprint density at radius 2 is 1.82 bits per heavy atom. The SMILES string of the molecule is CCOc1cc(/C=N/NC(=O)CNC(=O)c2ccc(OC)c(OC)c2)cc(I)c1OC(C)C. The van der Waals surface area contributed by atoms with Crippen LogP contribution in [0.25, 0.3) is 0 Å². The van der Waals surface area contributed by atoms with Crippen molar-refractivity contribution in [3.8, 4) is 23.0 Å². The lowest BCUT2D eigenvalue weighted by atomic mass is 10.2. The van der Waals surface area contributed by atoms with E-state index in [4.69, 9.17) is 18.9 Å². The molecule has 0 spiro atoms. The van der Waals surface area contributed by atoms with E-state index in [0.717, 1.165) is 9.13 Å². The molecule has 0 bridgehead atoms. The van der Waals surface area contributed by atoms with Gasteiger partial charge in [0.05, 0.1) is 43.3 Å². The Kier molecular flexibility index (Phi) is 10.2. The number of halogens is 1. The maximum absolute atomic E-state index is 12.3. The molecule has 0 saturated heterocycles. The third-order valence-electron chi connectivity index (χ3n) is 4.14. The minimum Gasteiger partial charge on any atom is -0.493 e. The van der Waals surface area contributed by atoms with Gasteiger partial charge >= 0.3 is 0 Å². The van der Waals surface area contributed by atoms with Crippen LogP contribution in [0.3, 0.4) is 0 Å². The van der Waals surface area contributed by atoms with Crippen molar-refractivity contribution < 1.29 is 28.5 Å². The molecular formula is C23H28IN3O6. The topological polar surface area (TPSA) is 107 Å². The quantitative estimate of drug-likeness (QED) is 0.244. The number of nitrogens with one attached hydrogen (secondary N) is 2. The summed E-state index contributed by atoms with van der Waals surface area (Å²) in [6, 6.07) is 8.39. The van der Waals surface area contributed by atoms with Crippen LogP contribution in [0.15, 0.2) is 35.4 Å². The fourth-order valence-electron chi connectivity index (χ4n) is 2.73. The van der Waals surface area contributed by atoms with Crippen molar-refractivity contribution in [1.29, 1.82) is 0 Å². The Labute approximate surface area is 207 Å². The van der Waals surface area contributed by atoms with Gasteiger partial charge in [-0.05, 0) is 79.3 Å². The van der Waals surface area contributed by atoms with Crippen LogP contribution in [0.1, 0.15) is 36.7 Å². The number of rotatable bonds is 11. The summed E-state index contributed by atoms with van der Waals surface area (Å²) in [6.07, 6.45) is 1.50. The highest BCUT2D eigenvalue weighted by Gasteiger charge is 2.14. The highest BCUT2D eigenvalue weighted by atomic mass is 127. The predicted octanol–water partition coefficient (Wildman–Crippen LogP) is 3.37. The molecule has 0 aliphatic rings. The molecule has 0 unspecified atom stereocenters. The number of nitrogens with zero attached hydrogens (tertiary/aromatic N) is 1. The minimum atomic E-state index is -0.473. The van der Waals surface area contributed by atoms with Crippen molar-refractivity contribution in [1.82, 2.24) is 10.7 Å². The maximum Gasteiger partial charge on any atom is 0.259 e. The first-order valence-corrected chi connectivity index (χ1v) is 11.3. The number of benzene rings is 2. The summed E-state index contributed by atoms with van der Waals surface area (Å²) in [6.45, 7) is 6.03. The molecule has 2 rings (SSSR count). The third kappa shape index (κ3) is 7.81. The van der Waals surface area contributed by atoms with Crippen molar-refractivity contribution in [3.63, 3.8) is 0 Å². The van der Waals surface area contributed by atoms with Gasteiger partial charge in [-0.3, -0.25) is 9.59 Å². The lowest BCUT2D eigenvalue weighted by Crippen LogP contribution is -2.34. The molecule has 2 N–H and O–H groups in total. The van der Waals surface area contributed by atoms with Crippen LogP contribution in [0.4, 0.5) is 0 Å². The summed E-state index contributed by atoms with van der Waals surface area (Å²) in [7, 11) is 2.99. The van der Waals surface area contributed by atoms with E-state index in [9.17, 15) is 9.59 Å². The smallest absolute Gasteiger partial charge is 0.259 e. The Bertz CT molecular complexity index is 1010. The van der Waals surface area contributed by atoms with Gasteiger partial charge in [0.25, 0.3) is 11.8 Å². The zero-order chi connectivity index (χ0) is 24.4. The lowest BCUT2D eigenvalue weighted by molar-refractivity contribution is -0.120. The summed E-state index contributed by atoms with van der Waals surface area (Å²) in [5, 5.41) is 6.50. The number of amides is 2. The van der Waals surface area contributed by atoms with Crippen LogP contribution < -0.4 is 29.7 Å². The Hall–Kier alpha value is -3.02. The van der Waals surface area contributed by atoms with Crippen LogP contribution in [0.5, 0.6) is 23.0 Å². The van der Waals surface area contributed by atoms with Crippen molar-refractivity contribution in [2.24, 2.45) is 5.10 Å². The summed E-state index contributed by atoms with van der Waals surface area (Å²) in [5.74, 6) is 1.31. The number of carbonyl (C=O) groups excluding carboxylic acids is 2. The van der Waals surface area contributed by atoms with Crippen LogP contribution >= 0.6 is 22.6 Å². The second kappa shape index (κ2) is 12.9. The van der Waals surface area contributed by atoms with Gasteiger partial charge in [0.2, 0.25) is 0 Å². The number of methoxy groups -OCH3 is 2. The molecule has 0 saturated carbocycles. The van der Waals surface area contributed by atoms with E-state index in [0.29, 0.717) is 35.2 Å². The Morgan fingerprint density at radius 1 is 1.09 bits per heavy atom. The van der Waals surface area contributed by atoms with Gasteiger partial charge in [0.1, 0.15) is 0 Å². The van der Waals surface area contributed by atoms with Crippen LogP contribution in [-0.4, -0.2) is 51.5 Å². The van der Waals surface area contributed by atoms with E-state index in [2.05, 4.69) is 38.4 Å². The predicted molar refractivity (Wildman–Crippen MR) is 134 cm³/mol. The van der Waals surface area contributed by atoms with Gasteiger partial charge in [0.15, 0.2) is 23.0 Å². The zero-order valence-electron chi connectivity index (χ0n) is 19.2. The molecule has 33 heavy (non-hydrogen) atoms. The van der Waals surface area contributed by atoms with E-state index in [1.807, 2.05) is 26.8 Å². The number of hydrazone groups is 1. The van der Waals surface area contributed by atoms with Crippen molar-refractivity contribution in [3.05, 3.63) is 45.0 Å². The first kappa shape index (κ1) is 26.2. The molecule has 2 aromatic rings. The van der Waals surface area contributed by atoms with E-state index < -0.39 is 11.8 Å². The molecular weight excluding hydrogens is 541 g/mol. The van der Waals surface area contributed by atoms with Crippen LogP contribution in [0.2, 0.25) is 0 Å². The van der Waals surface area contributed by atoms with Gasteiger partial charge in [0, 0.05) is 5.56 Å². The molecule has 178 valence electrons. The zero-order valence-corrected chi connectivity index (χ0v) is 21.4. The second-order valence-electron chi connectivity index (χ2n) is 6.98. The summed E-state index contributed by atoms with van der Waals surface area (Å²) in [4.78, 5) is 24.4. The van der Waals surface area contributed by atoms with E-state index in [-0.39, 0.29) is 12.6 Å². The van der Waals surface area contributed by atoms with E-state index >= 15 is 0 Å². The summed E-state index contributed by atoms with van der Waals surface area (Å²) < 4.78 is 22.7. The molecule has 0 radical (unpaired) electrons. The summed E-state index contributed by atoms with van der Waals surface area (Å²) >= 11 is 2.17. The van der Waals surface area contributed by atoms with Crippen molar-refractivity contribution >= 4 is 40.6 Å². The first-order valence-electron chi connectivity index (χ1n) is 10.2. The second-order valence-corrected chi connectivity index (χ2v) is 8.14. The van der Waals surface area contributed by atoms with Crippen molar-refractivity contribution in [2.45, 2.75) is 26.9 Å². The van der Waals surface area contributed by atoms with Gasteiger partial charge < -0.3 is 24.3 Å². The van der Waals surface area contributed by atoms with Gasteiger partial charge in [-0.25, -0.2) is 5.43 Å². The molecule has 10 heteroatoms. The summed E-state index contributed by atoms with van der Waals surface area (Å²) in [5.41, 5.74) is 3.46. The van der Waals surface area contributed by atoms with E-state index in [1.54, 1.807) is 18.2 Å². The minimum absolute atomic E-state index is 0.00531. The standard InChI is InChI=1S/C23H28IN3O6/c1-6-32-20-10-15(9-17(24)22(20)33-14(2)3)12-26-27-21(28)13-25-23(29)16-7-8-18(30-4)19(11-16)31-5/h7-12,14H,6,13H2,1-5H3,(H,25,29)(H,27,28)/b26-12+. The monoisotopic (exact) mass is 569 g/mol. The van der Waals surface area contributed by atoms with Gasteiger partial charge in [-0.1, -0.05) is 0 Å². The molecule has 0 aliphatic heterocycles. The molecule has 0 atom stereocenters. The molecule has 9 nitrogen and oxygen atoms in total. The third-order valence-corrected chi connectivity index (χ3v) is 4.94. The van der Waals surface area contributed by atoms with Crippen LogP contribution in [0, 0.1) is 3.57 Å². The molecule has 0 aliphatic carbocycles. The molecule has 0 fully saturated rings. The average Bonchev–Trinajstić information content (AvgIpc) is 2.79. The molecule has 2 aromatic carbocycles. The highest BCUT2D eigenvalue weighted by molar-refractivity contribution is 14.1. The normalized spacial score (nSPS) is 10.8. The number of ether oxygens (including phenoxy) is 4.